The van der Waals surface area contributed by atoms with Gasteiger partial charge in [-0.25, -0.2) is 5.50 Å². The first-order valence-corrected chi connectivity index (χ1v) is 7.94. The summed E-state index contributed by atoms with van der Waals surface area (Å²) in [5, 5.41) is 0.460. The average molecular weight is 322 g/mol. The van der Waals surface area contributed by atoms with Gasteiger partial charge in [-0.1, -0.05) is 34.8 Å². The van der Waals surface area contributed by atoms with Crippen molar-refractivity contribution in [2.75, 3.05) is 6.61 Å². The van der Waals surface area contributed by atoms with Gasteiger partial charge in [0.05, 0.1) is 11.6 Å². The lowest BCUT2D eigenvalue weighted by Gasteiger charge is -2.17. The highest BCUT2D eigenvalue weighted by atomic mass is 35.5. The lowest BCUT2D eigenvalue weighted by Crippen LogP contribution is -2.07. The van der Waals surface area contributed by atoms with Crippen LogP contribution in [0.1, 0.15) is 6.92 Å². The van der Waals surface area contributed by atoms with Gasteiger partial charge in [-0.2, -0.15) is 4.98 Å². The third-order valence-corrected chi connectivity index (χ3v) is 3.91. The molecule has 1 atom stereocenters. The fourth-order valence-electron chi connectivity index (χ4n) is 0.819. The van der Waals surface area contributed by atoms with Crippen LogP contribution >= 0.6 is 41.4 Å². The van der Waals surface area contributed by atoms with Gasteiger partial charge in [0, 0.05) is 0 Å². The first-order valence-electron chi connectivity index (χ1n) is 4.10. The van der Waals surface area contributed by atoms with Gasteiger partial charge in [0.2, 0.25) is 5.88 Å². The van der Waals surface area contributed by atoms with Crippen LogP contribution in [0.25, 0.3) is 0 Å². The second-order valence-electron chi connectivity index (χ2n) is 2.60. The van der Waals surface area contributed by atoms with Crippen molar-refractivity contribution in [3.8, 4) is 5.88 Å². The molecule has 0 aliphatic carbocycles. The van der Waals surface area contributed by atoms with E-state index < -0.39 is 6.64 Å². The van der Waals surface area contributed by atoms with E-state index in [1.54, 1.807) is 6.92 Å². The minimum absolute atomic E-state index is 0.0235. The van der Waals surface area contributed by atoms with Crippen molar-refractivity contribution in [3.05, 3.63) is 21.3 Å². The van der Waals surface area contributed by atoms with E-state index in [0.717, 1.165) is 0 Å². The monoisotopic (exact) mass is 320 g/mol. The highest BCUT2D eigenvalue weighted by Gasteiger charge is 2.18. The number of hydrogen-bond acceptors (Lipinski definition) is 4. The van der Waals surface area contributed by atoms with Crippen LogP contribution in [0.2, 0.25) is 15.2 Å². The van der Waals surface area contributed by atoms with Crippen LogP contribution in [-0.4, -0.2) is 11.6 Å². The largest absolute Gasteiger partial charge is 0.413 e. The highest BCUT2D eigenvalue weighted by molar-refractivity contribution is 8.09. The van der Waals surface area contributed by atoms with Gasteiger partial charge in [0.15, 0.2) is 5.15 Å². The molecule has 1 heterocycles. The van der Waals surface area contributed by atoms with Crippen molar-refractivity contribution in [2.24, 2.45) is 5.50 Å². The van der Waals surface area contributed by atoms with E-state index in [-0.39, 0.29) is 21.1 Å². The Morgan fingerprint density at radius 3 is 2.62 bits per heavy atom. The summed E-state index contributed by atoms with van der Waals surface area (Å²) < 4.78 is 10.3. The summed E-state index contributed by atoms with van der Waals surface area (Å²) in [6.07, 6.45) is 0. The van der Waals surface area contributed by atoms with Crippen molar-refractivity contribution < 1.29 is 9.05 Å². The van der Waals surface area contributed by atoms with Gasteiger partial charge in [0.25, 0.3) is 0 Å². The summed E-state index contributed by atoms with van der Waals surface area (Å²) in [5.41, 5.74) is 5.62. The van der Waals surface area contributed by atoms with Crippen LogP contribution < -0.4 is 10.0 Å². The Morgan fingerprint density at radius 1 is 1.44 bits per heavy atom. The van der Waals surface area contributed by atoms with E-state index >= 15 is 0 Å². The summed E-state index contributed by atoms with van der Waals surface area (Å²) in [4.78, 5) is 3.82. The van der Waals surface area contributed by atoms with E-state index in [4.69, 9.17) is 61.2 Å². The second-order valence-corrected chi connectivity index (χ2v) is 6.82. The van der Waals surface area contributed by atoms with Crippen LogP contribution in [0.3, 0.4) is 0 Å². The van der Waals surface area contributed by atoms with E-state index in [1.165, 1.54) is 6.07 Å². The van der Waals surface area contributed by atoms with Gasteiger partial charge < -0.3 is 9.05 Å². The standard InChI is InChI=1S/C7H8Cl3N2O2PS/c1-2-13-15(11,16)14-7-5(9)3-4(8)6(10)12-7/h3H,2H2,1H3,(H2,11,16). The molecule has 1 aromatic rings. The zero-order chi connectivity index (χ0) is 12.3. The van der Waals surface area contributed by atoms with Crippen LogP contribution in [0.4, 0.5) is 0 Å². The molecule has 2 N–H and O–H groups in total. The molecule has 0 aliphatic heterocycles. The summed E-state index contributed by atoms with van der Waals surface area (Å²) in [6, 6.07) is 1.40. The first-order chi connectivity index (χ1) is 7.35. The molecule has 0 saturated carbocycles. The number of aromatic nitrogens is 1. The van der Waals surface area contributed by atoms with Crippen molar-refractivity contribution in [3.63, 3.8) is 0 Å². The number of pyridine rings is 1. The molecule has 1 unspecified atom stereocenters. The minimum atomic E-state index is -2.89. The predicted octanol–water partition coefficient (Wildman–Crippen LogP) is 3.64. The third-order valence-electron chi connectivity index (χ3n) is 1.38. The molecule has 90 valence electrons. The van der Waals surface area contributed by atoms with E-state index in [9.17, 15) is 0 Å². The normalized spacial score (nSPS) is 14.6. The summed E-state index contributed by atoms with van der Waals surface area (Å²) >= 11 is 22.2. The quantitative estimate of drug-likeness (QED) is 0.678. The van der Waals surface area contributed by atoms with E-state index in [2.05, 4.69) is 4.98 Å². The van der Waals surface area contributed by atoms with Crippen LogP contribution in [0, 0.1) is 0 Å². The smallest absolute Gasteiger partial charge is 0.311 e. The maximum atomic E-state index is 5.84. The number of hydrogen-bond donors (Lipinski definition) is 1. The fourth-order valence-corrected chi connectivity index (χ4v) is 2.72. The third kappa shape index (κ3) is 4.00. The van der Waals surface area contributed by atoms with E-state index in [0.29, 0.717) is 6.61 Å². The summed E-state index contributed by atoms with van der Waals surface area (Å²) in [7, 11) is 0. The average Bonchev–Trinajstić information content (AvgIpc) is 2.13. The highest BCUT2D eigenvalue weighted by Crippen LogP contribution is 2.43. The predicted molar refractivity (Wildman–Crippen MR) is 70.0 cm³/mol. The Kier molecular flexibility index (Phi) is 5.26. The molecule has 0 bridgehead atoms. The molecule has 1 rings (SSSR count). The van der Waals surface area contributed by atoms with Crippen molar-refractivity contribution in [1.82, 2.24) is 4.98 Å². The Hall–Kier alpha value is 0.390. The van der Waals surface area contributed by atoms with Gasteiger partial charge >= 0.3 is 6.64 Å². The summed E-state index contributed by atoms with van der Waals surface area (Å²) in [5.74, 6) is 0.0235. The number of rotatable bonds is 4. The molecular weight excluding hydrogens is 313 g/mol. The number of halogens is 3. The van der Waals surface area contributed by atoms with E-state index in [1.807, 2.05) is 0 Å². The summed E-state index contributed by atoms with van der Waals surface area (Å²) in [6.45, 7) is -0.801. The molecule has 0 spiro atoms. The molecule has 9 heteroatoms. The molecule has 0 aliphatic rings. The molecule has 0 amide bonds. The lowest BCUT2D eigenvalue weighted by molar-refractivity contribution is 0.329. The zero-order valence-electron chi connectivity index (χ0n) is 8.11. The molecule has 0 aromatic carbocycles. The number of nitrogens with zero attached hydrogens (tertiary/aromatic N) is 1. The van der Waals surface area contributed by atoms with Crippen molar-refractivity contribution in [1.29, 1.82) is 0 Å². The second kappa shape index (κ2) is 5.83. The van der Waals surface area contributed by atoms with Crippen molar-refractivity contribution in [2.45, 2.75) is 6.92 Å². The first kappa shape index (κ1) is 14.5. The topological polar surface area (TPSA) is 57.4 Å². The SMILES string of the molecule is CCOP(N)(=S)Oc1nc(Cl)c(Cl)cc1Cl. The maximum Gasteiger partial charge on any atom is 0.311 e. The molecule has 1 aromatic heterocycles. The Balaban J connectivity index is 2.98. The van der Waals surface area contributed by atoms with Gasteiger partial charge in [-0.3, -0.25) is 0 Å². The van der Waals surface area contributed by atoms with Crippen LogP contribution in [0.5, 0.6) is 5.88 Å². The van der Waals surface area contributed by atoms with Gasteiger partial charge in [0.1, 0.15) is 5.02 Å². The Labute approximate surface area is 113 Å². The molecule has 4 nitrogen and oxygen atoms in total. The molecular formula is C7H8Cl3N2O2PS. The van der Waals surface area contributed by atoms with Gasteiger partial charge in [-0.15, -0.1) is 0 Å². The van der Waals surface area contributed by atoms with Gasteiger partial charge in [-0.05, 0) is 24.8 Å². The zero-order valence-corrected chi connectivity index (χ0v) is 12.1. The van der Waals surface area contributed by atoms with Crippen molar-refractivity contribution >= 4 is 53.3 Å². The maximum absolute atomic E-state index is 5.84. The molecule has 0 radical (unpaired) electrons. The molecule has 16 heavy (non-hydrogen) atoms. The molecule has 0 saturated heterocycles. The number of nitrogens with two attached hydrogens (primary N) is 1. The lowest BCUT2D eigenvalue weighted by atomic mass is 10.5. The Bertz CT molecular complexity index is 446. The van der Waals surface area contributed by atoms with Crippen LogP contribution in [-0.2, 0) is 16.3 Å². The minimum Gasteiger partial charge on any atom is -0.413 e. The fraction of sp³-hybridized carbons (Fsp3) is 0.286. The molecule has 0 fully saturated rings. The van der Waals surface area contributed by atoms with Crippen LogP contribution in [0.15, 0.2) is 6.07 Å². The Morgan fingerprint density at radius 2 is 2.06 bits per heavy atom.